The molecule has 0 spiro atoms. The van der Waals surface area contributed by atoms with Crippen molar-refractivity contribution in [2.45, 2.75) is 13.1 Å². The molecular weight excluding hydrogens is 318 g/mol. The average Bonchev–Trinajstić information content (AvgIpc) is 3.12. The van der Waals surface area contributed by atoms with Crippen molar-refractivity contribution < 1.29 is 9.53 Å². The van der Waals surface area contributed by atoms with Gasteiger partial charge in [-0.3, -0.25) is 0 Å². The van der Waals surface area contributed by atoms with E-state index in [-0.39, 0.29) is 77.6 Å². The minimum atomic E-state index is -1.33. The Balaban J connectivity index is 0.00000220. The molecule has 16 heteroatoms. The zero-order valence-electron chi connectivity index (χ0n) is 12.1. The fraction of sp³-hybridized carbons (Fsp3) is 0.500. The summed E-state index contributed by atoms with van der Waals surface area (Å²) in [5.41, 5.74) is 0. The maximum absolute atomic E-state index is 11.6. The molecule has 0 unspecified atom stereocenters. The topological polar surface area (TPSA) is 185 Å². The van der Waals surface area contributed by atoms with E-state index in [1.54, 1.807) is 6.92 Å². The molecule has 0 saturated carbocycles. The quantitative estimate of drug-likeness (QED) is 0.372. The molecule has 106 valence electrons. The Kier molecular flexibility index (Phi) is 10.8. The van der Waals surface area contributed by atoms with Gasteiger partial charge < -0.3 is 4.74 Å². The summed E-state index contributed by atoms with van der Waals surface area (Å²) >= 11 is 0. The number of aromatic amines is 2. The van der Waals surface area contributed by atoms with Crippen molar-refractivity contribution in [3.8, 4) is 0 Å². The van der Waals surface area contributed by atoms with Gasteiger partial charge in [0.05, 0.1) is 6.61 Å². The van der Waals surface area contributed by atoms with E-state index >= 15 is 0 Å². The van der Waals surface area contributed by atoms with Crippen molar-refractivity contribution in [1.29, 1.82) is 0 Å². The number of nitrogens with one attached hydrogen (secondary N) is 2. The van der Waals surface area contributed by atoms with Gasteiger partial charge in [-0.1, -0.05) is 10.2 Å². The Bertz CT molecular complexity index is 539. The number of hydrogen-bond acceptors (Lipinski definition) is 12. The van der Waals surface area contributed by atoms with Crippen molar-refractivity contribution in [3.05, 3.63) is 0 Å². The van der Waals surface area contributed by atoms with Crippen LogP contribution >= 0.6 is 0 Å². The van der Waals surface area contributed by atoms with E-state index in [0.717, 1.165) is 0 Å². The smallest absolute Gasteiger partial charge is 0.357 e. The molecule has 2 aromatic heterocycles. The van der Waals surface area contributed by atoms with E-state index in [9.17, 15) is 4.79 Å². The molecule has 0 amide bonds. The largest absolute Gasteiger partial charge is 0.463 e. The van der Waals surface area contributed by atoms with Gasteiger partial charge in [0, 0.05) is 59.1 Å². The molecule has 14 nitrogen and oxygen atoms in total. The van der Waals surface area contributed by atoms with E-state index in [2.05, 4.69) is 61.7 Å². The van der Waals surface area contributed by atoms with Crippen molar-refractivity contribution in [2.24, 2.45) is 20.5 Å². The van der Waals surface area contributed by atoms with Crippen molar-refractivity contribution in [3.63, 3.8) is 0 Å². The van der Waals surface area contributed by atoms with Crippen LogP contribution in [0.1, 0.15) is 6.92 Å². The molecule has 0 atom stereocenters. The minimum Gasteiger partial charge on any atom is -0.463 e. The molecule has 0 aliphatic rings. The third-order valence-corrected chi connectivity index (χ3v) is 1.68. The number of tetrazole rings is 2. The molecule has 0 bridgehead atoms. The Labute approximate surface area is 166 Å². The van der Waals surface area contributed by atoms with E-state index < -0.39 is 12.1 Å². The molecule has 2 radical (unpaired) electrons. The average molecular weight is 326 g/mol. The van der Waals surface area contributed by atoms with E-state index in [4.69, 9.17) is 4.74 Å². The van der Waals surface area contributed by atoms with Crippen molar-refractivity contribution in [1.82, 2.24) is 41.2 Å². The second kappa shape index (κ2) is 11.4. The molecule has 2 heterocycles. The van der Waals surface area contributed by atoms with Gasteiger partial charge in [0.2, 0.25) is 0 Å². The van der Waals surface area contributed by atoms with Crippen LogP contribution in [-0.2, 0) is 9.53 Å². The SMILES string of the molecule is CCOC(=O)C(N=Nc1nn[nH]n1)N=Nc1nn[nH]n1.[Na].[Na]. The maximum atomic E-state index is 11.6. The standard InChI is InChI=1S/C6H8N12O2.2Na/c1-2-20-4(19)3(7-9-5-11-15-16-12-5)8-10-6-13-17-18-14-6;;/h3H,2H2,1H3,(H,11,12,15,16)(H,13,14,17,18);;. The summed E-state index contributed by atoms with van der Waals surface area (Å²) in [5.74, 6) is -0.866. The number of esters is 1. The molecule has 0 aliphatic carbocycles. The first-order valence-corrected chi connectivity index (χ1v) is 5.25. The number of carbonyl (C=O) groups is 1. The molecule has 2 rings (SSSR count). The van der Waals surface area contributed by atoms with Crippen LogP contribution in [0.5, 0.6) is 0 Å². The fourth-order valence-electron chi connectivity index (χ4n) is 0.945. The number of aromatic nitrogens is 8. The van der Waals surface area contributed by atoms with Gasteiger partial charge in [-0.25, -0.2) is 4.79 Å². The summed E-state index contributed by atoms with van der Waals surface area (Å²) in [7, 11) is 0. The molecule has 0 aromatic carbocycles. The summed E-state index contributed by atoms with van der Waals surface area (Å²) in [6.07, 6.45) is -1.33. The number of carbonyl (C=O) groups excluding carboxylic acids is 1. The van der Waals surface area contributed by atoms with Gasteiger partial charge in [0.1, 0.15) is 0 Å². The Morgan fingerprint density at radius 3 is 1.95 bits per heavy atom. The third-order valence-electron chi connectivity index (χ3n) is 1.68. The van der Waals surface area contributed by atoms with Crippen LogP contribution in [0.3, 0.4) is 0 Å². The van der Waals surface area contributed by atoms with Crippen LogP contribution in [0.4, 0.5) is 11.9 Å². The number of nitrogens with zero attached hydrogens (tertiary/aromatic N) is 10. The number of H-pyrrole nitrogens is 2. The normalized spacial score (nSPS) is 11.9. The predicted molar refractivity (Wildman–Crippen MR) is 69.3 cm³/mol. The summed E-state index contributed by atoms with van der Waals surface area (Å²) in [5, 5.41) is 39.4. The van der Waals surface area contributed by atoms with Crippen LogP contribution in [-0.4, -0.2) is 119 Å². The van der Waals surface area contributed by atoms with E-state index in [1.807, 2.05) is 0 Å². The fourth-order valence-corrected chi connectivity index (χ4v) is 0.945. The van der Waals surface area contributed by atoms with Crippen LogP contribution in [0.15, 0.2) is 20.5 Å². The van der Waals surface area contributed by atoms with Crippen LogP contribution in [0.25, 0.3) is 0 Å². The maximum Gasteiger partial charge on any atom is 0.357 e. The Morgan fingerprint density at radius 1 is 1.09 bits per heavy atom. The Hall–Kier alpha value is -1.19. The minimum absolute atomic E-state index is 0. The number of azo groups is 2. The second-order valence-electron chi connectivity index (χ2n) is 2.98. The summed E-state index contributed by atoms with van der Waals surface area (Å²) in [6.45, 7) is 1.80. The second-order valence-corrected chi connectivity index (χ2v) is 2.98. The number of ether oxygens (including phenoxy) is 1. The van der Waals surface area contributed by atoms with Gasteiger partial charge in [-0.2, -0.15) is 10.4 Å². The van der Waals surface area contributed by atoms with Gasteiger partial charge in [0.15, 0.2) is 0 Å². The first kappa shape index (κ1) is 20.8. The molecular formula is C6H8N12Na2O2. The molecule has 0 saturated heterocycles. The van der Waals surface area contributed by atoms with Gasteiger partial charge >= 0.3 is 17.9 Å². The van der Waals surface area contributed by atoms with Crippen LogP contribution in [0.2, 0.25) is 0 Å². The predicted octanol–water partition coefficient (Wildman–Crippen LogP) is -1.29. The molecule has 22 heavy (non-hydrogen) atoms. The summed E-state index contributed by atoms with van der Waals surface area (Å²) in [4.78, 5) is 11.6. The molecule has 2 N–H and O–H groups in total. The molecule has 0 fully saturated rings. The first-order chi connectivity index (χ1) is 9.79. The third kappa shape index (κ3) is 6.71. The zero-order chi connectivity index (χ0) is 14.2. The summed E-state index contributed by atoms with van der Waals surface area (Å²) in [6, 6.07) is 0. The van der Waals surface area contributed by atoms with Gasteiger partial charge in [-0.05, 0) is 17.4 Å². The number of rotatable bonds is 6. The monoisotopic (exact) mass is 326 g/mol. The van der Waals surface area contributed by atoms with E-state index in [0.29, 0.717) is 0 Å². The Morgan fingerprint density at radius 2 is 1.59 bits per heavy atom. The first-order valence-electron chi connectivity index (χ1n) is 5.25. The van der Waals surface area contributed by atoms with Crippen molar-refractivity contribution >= 4 is 77.0 Å². The van der Waals surface area contributed by atoms with Gasteiger partial charge in [0.25, 0.3) is 6.17 Å². The van der Waals surface area contributed by atoms with Crippen LogP contribution in [0, 0.1) is 0 Å². The molecule has 2 aromatic rings. The van der Waals surface area contributed by atoms with Crippen molar-refractivity contribution in [2.75, 3.05) is 6.61 Å². The zero-order valence-corrected chi connectivity index (χ0v) is 16.1. The van der Waals surface area contributed by atoms with Gasteiger partial charge in [-0.15, -0.1) is 30.7 Å². The summed E-state index contributed by atoms with van der Waals surface area (Å²) < 4.78 is 4.77. The molecule has 0 aliphatic heterocycles. The number of hydrogen-bond donors (Lipinski definition) is 2. The van der Waals surface area contributed by atoms with Crippen LogP contribution < -0.4 is 0 Å². The van der Waals surface area contributed by atoms with E-state index in [1.165, 1.54) is 0 Å².